The fourth-order valence-corrected chi connectivity index (χ4v) is 1.24. The molecule has 1 aromatic heterocycles. The number of nitrogens with zero attached hydrogens (tertiary/aromatic N) is 1. The fraction of sp³-hybridized carbons (Fsp3) is 0.0833. The second-order valence-electron chi connectivity index (χ2n) is 3.19. The molecule has 0 aliphatic carbocycles. The van der Waals surface area contributed by atoms with Gasteiger partial charge in [-0.3, -0.25) is 0 Å². The molecule has 0 spiro atoms. The van der Waals surface area contributed by atoms with Crippen molar-refractivity contribution < 1.29 is 13.5 Å². The minimum absolute atomic E-state index is 0.0411. The van der Waals surface area contributed by atoms with E-state index in [9.17, 15) is 8.78 Å². The number of hydrogen-bond acceptors (Lipinski definition) is 2. The van der Waals surface area contributed by atoms with Crippen molar-refractivity contribution in [2.24, 2.45) is 0 Å². The Kier molecular flexibility index (Phi) is 3.10. The third-order valence-corrected chi connectivity index (χ3v) is 2.02. The van der Waals surface area contributed by atoms with Crippen molar-refractivity contribution in [3.8, 4) is 5.88 Å². The minimum Gasteiger partial charge on any atom is -0.473 e. The Bertz CT molecular complexity index is 474. The molecular formula is C12H9F2NO. The van der Waals surface area contributed by atoms with E-state index in [1.54, 1.807) is 24.4 Å². The van der Waals surface area contributed by atoms with Crippen LogP contribution in [0.15, 0.2) is 42.6 Å². The molecule has 0 aliphatic heterocycles. The lowest BCUT2D eigenvalue weighted by Crippen LogP contribution is -2.00. The van der Waals surface area contributed by atoms with Crippen LogP contribution in [0.5, 0.6) is 5.88 Å². The topological polar surface area (TPSA) is 22.1 Å². The van der Waals surface area contributed by atoms with E-state index in [-0.39, 0.29) is 12.2 Å². The van der Waals surface area contributed by atoms with E-state index in [2.05, 4.69) is 4.98 Å². The van der Waals surface area contributed by atoms with Gasteiger partial charge in [-0.05, 0) is 24.3 Å². The number of rotatable bonds is 3. The van der Waals surface area contributed by atoms with Crippen molar-refractivity contribution in [2.45, 2.75) is 6.61 Å². The summed E-state index contributed by atoms with van der Waals surface area (Å²) in [5.74, 6) is -0.593. The third-order valence-electron chi connectivity index (χ3n) is 2.02. The lowest BCUT2D eigenvalue weighted by molar-refractivity contribution is 0.287. The van der Waals surface area contributed by atoms with Crippen LogP contribution in [0.3, 0.4) is 0 Å². The second-order valence-corrected chi connectivity index (χ2v) is 3.19. The first-order chi connectivity index (χ1) is 7.75. The molecule has 4 heteroatoms. The van der Waals surface area contributed by atoms with Crippen molar-refractivity contribution in [1.29, 1.82) is 0 Å². The fourth-order valence-electron chi connectivity index (χ4n) is 1.24. The van der Waals surface area contributed by atoms with Gasteiger partial charge in [0.1, 0.15) is 18.2 Å². The summed E-state index contributed by atoms with van der Waals surface area (Å²) >= 11 is 0. The first kappa shape index (κ1) is 10.5. The van der Waals surface area contributed by atoms with Gasteiger partial charge in [0.25, 0.3) is 0 Å². The average Bonchev–Trinajstić information content (AvgIpc) is 2.32. The molecule has 0 N–H and O–H groups in total. The van der Waals surface area contributed by atoms with Crippen molar-refractivity contribution in [1.82, 2.24) is 4.98 Å². The number of ether oxygens (including phenoxy) is 1. The molecule has 2 rings (SSSR count). The molecule has 0 aliphatic rings. The summed E-state index contributed by atoms with van der Waals surface area (Å²) in [5.41, 5.74) is 0.172. The summed E-state index contributed by atoms with van der Waals surface area (Å²) < 4.78 is 31.3. The Hall–Kier alpha value is -1.97. The van der Waals surface area contributed by atoms with E-state index >= 15 is 0 Å². The Morgan fingerprint density at radius 3 is 2.75 bits per heavy atom. The van der Waals surface area contributed by atoms with Crippen molar-refractivity contribution in [3.63, 3.8) is 0 Å². The van der Waals surface area contributed by atoms with Crippen LogP contribution in [0, 0.1) is 11.6 Å². The zero-order valence-corrected chi connectivity index (χ0v) is 8.36. The SMILES string of the molecule is Fc1ccc(F)c(COc2ccccn2)c1. The molecule has 0 radical (unpaired) electrons. The molecule has 2 nitrogen and oxygen atoms in total. The van der Waals surface area contributed by atoms with Crippen molar-refractivity contribution in [2.75, 3.05) is 0 Å². The van der Waals surface area contributed by atoms with Crippen molar-refractivity contribution >= 4 is 0 Å². The standard InChI is InChI=1S/C12H9F2NO/c13-10-4-5-11(14)9(7-10)8-16-12-3-1-2-6-15-12/h1-7H,8H2. The highest BCUT2D eigenvalue weighted by molar-refractivity contribution is 5.19. The van der Waals surface area contributed by atoms with E-state index in [0.29, 0.717) is 5.88 Å². The maximum atomic E-state index is 13.2. The molecule has 0 fully saturated rings. The van der Waals surface area contributed by atoms with Crippen molar-refractivity contribution in [3.05, 3.63) is 59.8 Å². The minimum atomic E-state index is -0.489. The second kappa shape index (κ2) is 4.70. The molecule has 1 heterocycles. The molecule has 2 aromatic rings. The Morgan fingerprint density at radius 1 is 1.12 bits per heavy atom. The third kappa shape index (κ3) is 2.53. The predicted molar refractivity (Wildman–Crippen MR) is 54.9 cm³/mol. The smallest absolute Gasteiger partial charge is 0.213 e. The lowest BCUT2D eigenvalue weighted by Gasteiger charge is -2.05. The van der Waals surface area contributed by atoms with Gasteiger partial charge >= 0.3 is 0 Å². The molecule has 0 saturated heterocycles. The molecule has 0 bridgehead atoms. The summed E-state index contributed by atoms with van der Waals surface area (Å²) in [4.78, 5) is 3.91. The van der Waals surface area contributed by atoms with E-state index in [1.165, 1.54) is 0 Å². The molecular weight excluding hydrogens is 212 g/mol. The molecule has 0 atom stereocenters. The van der Waals surface area contributed by atoms with E-state index in [0.717, 1.165) is 18.2 Å². The lowest BCUT2D eigenvalue weighted by atomic mass is 10.2. The normalized spacial score (nSPS) is 10.1. The van der Waals surface area contributed by atoms with Gasteiger partial charge in [-0.2, -0.15) is 0 Å². The summed E-state index contributed by atoms with van der Waals surface area (Å²) in [6.07, 6.45) is 1.57. The van der Waals surface area contributed by atoms with Gasteiger partial charge in [-0.15, -0.1) is 0 Å². The highest BCUT2D eigenvalue weighted by Gasteiger charge is 2.04. The zero-order valence-electron chi connectivity index (χ0n) is 8.36. The average molecular weight is 221 g/mol. The predicted octanol–water partition coefficient (Wildman–Crippen LogP) is 2.94. The van der Waals surface area contributed by atoms with Crippen LogP contribution in [-0.2, 0) is 6.61 Å². The van der Waals surface area contributed by atoms with Crippen LogP contribution < -0.4 is 4.74 Å². The van der Waals surface area contributed by atoms with E-state index in [1.807, 2.05) is 0 Å². The maximum Gasteiger partial charge on any atom is 0.213 e. The molecule has 0 saturated carbocycles. The molecule has 16 heavy (non-hydrogen) atoms. The number of halogens is 2. The number of benzene rings is 1. The highest BCUT2D eigenvalue weighted by atomic mass is 19.1. The molecule has 82 valence electrons. The summed E-state index contributed by atoms with van der Waals surface area (Å²) in [6.45, 7) is -0.0411. The number of pyridine rings is 1. The monoisotopic (exact) mass is 221 g/mol. The number of aromatic nitrogens is 1. The van der Waals surface area contributed by atoms with Gasteiger partial charge in [0.05, 0.1) is 0 Å². The van der Waals surface area contributed by atoms with Crippen LogP contribution in [0.2, 0.25) is 0 Å². The summed E-state index contributed by atoms with van der Waals surface area (Å²) in [6, 6.07) is 8.40. The molecule has 0 amide bonds. The Balaban J connectivity index is 2.08. The van der Waals surface area contributed by atoms with Gasteiger partial charge in [0, 0.05) is 17.8 Å². The van der Waals surface area contributed by atoms with Gasteiger partial charge in [0.2, 0.25) is 5.88 Å². The van der Waals surface area contributed by atoms with Crippen LogP contribution >= 0.6 is 0 Å². The van der Waals surface area contributed by atoms with Crippen LogP contribution in [-0.4, -0.2) is 4.98 Å². The maximum absolute atomic E-state index is 13.2. The first-order valence-electron chi connectivity index (χ1n) is 4.73. The summed E-state index contributed by atoms with van der Waals surface area (Å²) in [7, 11) is 0. The van der Waals surface area contributed by atoms with Crippen LogP contribution in [0.1, 0.15) is 5.56 Å². The zero-order chi connectivity index (χ0) is 11.4. The van der Waals surface area contributed by atoms with Crippen LogP contribution in [0.4, 0.5) is 8.78 Å². The largest absolute Gasteiger partial charge is 0.473 e. The van der Waals surface area contributed by atoms with Gasteiger partial charge in [-0.25, -0.2) is 13.8 Å². The van der Waals surface area contributed by atoms with Gasteiger partial charge < -0.3 is 4.74 Å². The quantitative estimate of drug-likeness (QED) is 0.795. The molecule has 1 aromatic carbocycles. The highest BCUT2D eigenvalue weighted by Crippen LogP contribution is 2.12. The van der Waals surface area contributed by atoms with Gasteiger partial charge in [0.15, 0.2) is 0 Å². The van der Waals surface area contributed by atoms with E-state index < -0.39 is 11.6 Å². The van der Waals surface area contributed by atoms with E-state index in [4.69, 9.17) is 4.74 Å². The number of hydrogen-bond donors (Lipinski definition) is 0. The molecule has 0 unspecified atom stereocenters. The Morgan fingerprint density at radius 2 is 2.00 bits per heavy atom. The Labute approximate surface area is 91.5 Å². The van der Waals surface area contributed by atoms with Gasteiger partial charge in [-0.1, -0.05) is 6.07 Å². The first-order valence-corrected chi connectivity index (χ1v) is 4.73. The summed E-state index contributed by atoms with van der Waals surface area (Å²) in [5, 5.41) is 0. The van der Waals surface area contributed by atoms with Crippen LogP contribution in [0.25, 0.3) is 0 Å².